The van der Waals surface area contributed by atoms with Crippen LogP contribution in [0.3, 0.4) is 0 Å². The molecule has 0 aromatic heterocycles. The van der Waals surface area contributed by atoms with Gasteiger partial charge in [0, 0.05) is 0 Å². The maximum absolute atomic E-state index is 12.0. The molecule has 0 unspecified atom stereocenters. The van der Waals surface area contributed by atoms with E-state index in [-0.39, 0.29) is 18.2 Å². The van der Waals surface area contributed by atoms with E-state index in [9.17, 15) is 24.9 Å². The third kappa shape index (κ3) is 5.30. The van der Waals surface area contributed by atoms with Crippen LogP contribution in [0.1, 0.15) is 13.8 Å². The molecule has 25 heavy (non-hydrogen) atoms. The number of esters is 2. The number of thiocarbonyl (C=S) groups is 1. The Morgan fingerprint density at radius 1 is 1.08 bits per heavy atom. The zero-order valence-electron chi connectivity index (χ0n) is 13.8. The van der Waals surface area contributed by atoms with Gasteiger partial charge < -0.3 is 40.0 Å². The van der Waals surface area contributed by atoms with Gasteiger partial charge in [-0.1, -0.05) is 12.2 Å². The van der Waals surface area contributed by atoms with E-state index in [1.54, 1.807) is 13.8 Å². The number of rotatable bonds is 7. The van der Waals surface area contributed by atoms with Crippen molar-refractivity contribution in [1.82, 2.24) is 5.32 Å². The molecule has 1 fully saturated rings. The molecule has 1 heterocycles. The second-order valence-corrected chi connectivity index (χ2v) is 5.64. The number of carbonyl (C=O) groups excluding carboxylic acids is 2. The van der Waals surface area contributed by atoms with Crippen LogP contribution >= 0.6 is 12.2 Å². The van der Waals surface area contributed by atoms with E-state index in [1.165, 1.54) is 0 Å². The minimum absolute atomic E-state index is 0.0113. The van der Waals surface area contributed by atoms with Gasteiger partial charge in [0.1, 0.15) is 29.4 Å². The van der Waals surface area contributed by atoms with Crippen molar-refractivity contribution in [2.45, 2.75) is 44.5 Å². The zero-order valence-corrected chi connectivity index (χ0v) is 14.6. The molecule has 0 aromatic rings. The van der Waals surface area contributed by atoms with E-state index in [0.29, 0.717) is 0 Å². The molecule has 5 N–H and O–H groups in total. The number of aliphatic hydroxyl groups is 4. The molecule has 1 aliphatic rings. The Labute approximate surface area is 149 Å². The first kappa shape index (κ1) is 21.7. The van der Waals surface area contributed by atoms with Crippen molar-refractivity contribution in [3.8, 4) is 0 Å². The van der Waals surface area contributed by atoms with E-state index >= 15 is 0 Å². The molecule has 0 bridgehead atoms. The minimum Gasteiger partial charge on any atom is -0.465 e. The number of ether oxygens (including phenoxy) is 3. The lowest BCUT2D eigenvalue weighted by atomic mass is 9.98. The molecule has 0 amide bonds. The summed E-state index contributed by atoms with van der Waals surface area (Å²) in [5.74, 6) is -3.46. The Bertz CT molecular complexity index is 469. The van der Waals surface area contributed by atoms with Gasteiger partial charge in [0.2, 0.25) is 5.92 Å². The SMILES string of the molecule is CCOC(=O)C(C(=O)OCC)C(=S)N[C@@H]1O[C@H](CO)[C@@H](O)[C@H](O)[C@H]1O. The molecular weight excluding hydrogens is 358 g/mol. The quantitative estimate of drug-likeness (QED) is 0.180. The van der Waals surface area contributed by atoms with E-state index in [0.717, 1.165) is 0 Å². The first-order valence-electron chi connectivity index (χ1n) is 7.72. The van der Waals surface area contributed by atoms with E-state index < -0.39 is 55.1 Å². The summed E-state index contributed by atoms with van der Waals surface area (Å²) in [4.78, 5) is 23.6. The summed E-state index contributed by atoms with van der Waals surface area (Å²) in [6.07, 6.45) is -7.33. The standard InChI is InChI=1S/C14H23NO9S/c1-3-22-13(20)7(14(21)23-4-2)12(25)15-11-10(19)9(18)8(17)6(5-16)24-11/h6-11,16-19H,3-5H2,1-2H3,(H,15,25)/t6-,8-,9+,10-,11-/m1/s1. The van der Waals surface area contributed by atoms with Gasteiger partial charge in [0.25, 0.3) is 0 Å². The number of hydrogen-bond acceptors (Lipinski definition) is 10. The van der Waals surface area contributed by atoms with Crippen LogP contribution in [0.15, 0.2) is 0 Å². The highest BCUT2D eigenvalue weighted by Gasteiger charge is 2.45. The number of carbonyl (C=O) groups is 2. The van der Waals surface area contributed by atoms with Crippen LogP contribution in [0, 0.1) is 5.92 Å². The molecule has 0 radical (unpaired) electrons. The molecule has 0 saturated carbocycles. The minimum atomic E-state index is -1.63. The smallest absolute Gasteiger partial charge is 0.327 e. The third-order valence-corrected chi connectivity index (χ3v) is 3.84. The fraction of sp³-hybridized carbons (Fsp3) is 0.786. The highest BCUT2D eigenvalue weighted by Crippen LogP contribution is 2.20. The lowest BCUT2D eigenvalue weighted by Crippen LogP contribution is -2.64. The van der Waals surface area contributed by atoms with Crippen molar-refractivity contribution in [2.75, 3.05) is 19.8 Å². The average molecular weight is 381 g/mol. The first-order chi connectivity index (χ1) is 11.8. The average Bonchev–Trinajstić information content (AvgIpc) is 2.56. The van der Waals surface area contributed by atoms with Gasteiger partial charge in [-0.2, -0.15) is 0 Å². The maximum atomic E-state index is 12.0. The van der Waals surface area contributed by atoms with E-state index in [1.807, 2.05) is 0 Å². The molecule has 1 aliphatic heterocycles. The molecule has 0 spiro atoms. The van der Waals surface area contributed by atoms with Gasteiger partial charge in [-0.05, 0) is 13.8 Å². The Kier molecular flexibility index (Phi) is 8.62. The highest BCUT2D eigenvalue weighted by atomic mass is 32.1. The van der Waals surface area contributed by atoms with Gasteiger partial charge in [0.05, 0.1) is 19.8 Å². The molecule has 1 rings (SSSR count). The highest BCUT2D eigenvalue weighted by molar-refractivity contribution is 7.80. The molecule has 1 saturated heterocycles. The maximum Gasteiger partial charge on any atom is 0.327 e. The van der Waals surface area contributed by atoms with Crippen LogP contribution in [0.25, 0.3) is 0 Å². The Morgan fingerprint density at radius 2 is 1.60 bits per heavy atom. The van der Waals surface area contributed by atoms with Crippen LogP contribution in [0.5, 0.6) is 0 Å². The molecule has 0 aliphatic carbocycles. The predicted molar refractivity (Wildman–Crippen MR) is 86.3 cm³/mol. The number of nitrogens with one attached hydrogen (secondary N) is 1. The van der Waals surface area contributed by atoms with Crippen LogP contribution in [-0.2, 0) is 23.8 Å². The van der Waals surface area contributed by atoms with E-state index in [2.05, 4.69) is 5.32 Å². The fourth-order valence-electron chi connectivity index (χ4n) is 2.21. The van der Waals surface area contributed by atoms with Gasteiger partial charge in [-0.15, -0.1) is 0 Å². The van der Waals surface area contributed by atoms with Crippen LogP contribution in [0.2, 0.25) is 0 Å². The molecule has 10 nitrogen and oxygen atoms in total. The second kappa shape index (κ2) is 9.94. The lowest BCUT2D eigenvalue weighted by molar-refractivity contribution is -0.232. The van der Waals surface area contributed by atoms with Crippen LogP contribution in [0.4, 0.5) is 0 Å². The first-order valence-corrected chi connectivity index (χ1v) is 8.13. The Balaban J connectivity index is 2.90. The fourth-order valence-corrected chi connectivity index (χ4v) is 2.51. The largest absolute Gasteiger partial charge is 0.465 e. The van der Waals surface area contributed by atoms with Crippen molar-refractivity contribution in [2.24, 2.45) is 5.92 Å². The van der Waals surface area contributed by atoms with Crippen LogP contribution in [-0.4, -0.2) is 87.8 Å². The van der Waals surface area contributed by atoms with Gasteiger partial charge >= 0.3 is 11.9 Å². The molecule has 5 atom stereocenters. The van der Waals surface area contributed by atoms with Crippen LogP contribution < -0.4 is 5.32 Å². The topological polar surface area (TPSA) is 155 Å². The van der Waals surface area contributed by atoms with Gasteiger partial charge in [0.15, 0.2) is 6.23 Å². The Hall–Kier alpha value is -1.37. The van der Waals surface area contributed by atoms with Gasteiger partial charge in [-0.3, -0.25) is 9.59 Å². The summed E-state index contributed by atoms with van der Waals surface area (Å²) in [5, 5.41) is 41.0. The zero-order chi connectivity index (χ0) is 19.1. The molecule has 0 aromatic carbocycles. The summed E-state index contributed by atoms with van der Waals surface area (Å²) in [5.41, 5.74) is 0. The summed E-state index contributed by atoms with van der Waals surface area (Å²) in [6.45, 7) is 2.49. The summed E-state index contributed by atoms with van der Waals surface area (Å²) >= 11 is 5.02. The summed E-state index contributed by atoms with van der Waals surface area (Å²) < 4.78 is 14.8. The predicted octanol–water partition coefficient (Wildman–Crippen LogP) is -2.55. The number of hydrogen-bond donors (Lipinski definition) is 5. The third-order valence-electron chi connectivity index (χ3n) is 3.48. The molecule has 144 valence electrons. The number of aliphatic hydroxyl groups excluding tert-OH is 4. The van der Waals surface area contributed by atoms with Crippen molar-refractivity contribution in [3.05, 3.63) is 0 Å². The Morgan fingerprint density at radius 3 is 2.04 bits per heavy atom. The summed E-state index contributed by atoms with van der Waals surface area (Å²) in [6, 6.07) is 0. The summed E-state index contributed by atoms with van der Waals surface area (Å²) in [7, 11) is 0. The second-order valence-electron chi connectivity index (χ2n) is 5.20. The van der Waals surface area contributed by atoms with Crippen molar-refractivity contribution < 1.29 is 44.2 Å². The van der Waals surface area contributed by atoms with Gasteiger partial charge in [-0.25, -0.2) is 0 Å². The molecule has 11 heteroatoms. The normalized spacial score (nSPS) is 29.2. The monoisotopic (exact) mass is 381 g/mol. The van der Waals surface area contributed by atoms with E-state index in [4.69, 9.17) is 31.5 Å². The molecular formula is C14H23NO9S. The lowest BCUT2D eigenvalue weighted by Gasteiger charge is -2.40. The van der Waals surface area contributed by atoms with Crippen molar-refractivity contribution >= 4 is 29.1 Å². The van der Waals surface area contributed by atoms with Crippen molar-refractivity contribution in [1.29, 1.82) is 0 Å². The van der Waals surface area contributed by atoms with Crippen molar-refractivity contribution in [3.63, 3.8) is 0 Å².